The van der Waals surface area contributed by atoms with Crippen molar-refractivity contribution in [1.82, 2.24) is 5.32 Å². The Balaban J connectivity index is 2.46. The van der Waals surface area contributed by atoms with Crippen molar-refractivity contribution in [3.8, 4) is 0 Å². The summed E-state index contributed by atoms with van der Waals surface area (Å²) in [5.41, 5.74) is 0. The summed E-state index contributed by atoms with van der Waals surface area (Å²) in [6.07, 6.45) is -0.701. The van der Waals surface area contributed by atoms with E-state index in [2.05, 4.69) is 10.1 Å². The first-order valence-corrected chi connectivity index (χ1v) is 3.63. The zero-order chi connectivity index (χ0) is 8.43. The highest BCUT2D eigenvalue weighted by Crippen LogP contribution is 2.16. The van der Waals surface area contributed by atoms with Gasteiger partial charge < -0.3 is 4.74 Å². The van der Waals surface area contributed by atoms with Crippen molar-refractivity contribution in [3.05, 3.63) is 0 Å². The van der Waals surface area contributed by atoms with E-state index in [1.165, 1.54) is 7.11 Å². The maximum Gasteiger partial charge on any atom is 0.322 e. The van der Waals surface area contributed by atoms with Crippen LogP contribution in [0.3, 0.4) is 0 Å². The number of hydrogen-bond donors (Lipinski definition) is 1. The second-order valence-electron chi connectivity index (χ2n) is 2.78. The molecule has 11 heavy (non-hydrogen) atoms. The third-order valence-corrected chi connectivity index (χ3v) is 1.95. The van der Waals surface area contributed by atoms with E-state index in [1.54, 1.807) is 6.92 Å². The summed E-state index contributed by atoms with van der Waals surface area (Å²) < 4.78 is 17.3. The zero-order valence-corrected chi connectivity index (χ0v) is 6.63. The predicted octanol–water partition coefficient (Wildman–Crippen LogP) is 0.248. The van der Waals surface area contributed by atoms with Crippen molar-refractivity contribution in [3.63, 3.8) is 0 Å². The summed E-state index contributed by atoms with van der Waals surface area (Å²) in [5, 5.41) is 2.80. The molecule has 4 heteroatoms. The van der Waals surface area contributed by atoms with Crippen molar-refractivity contribution < 1.29 is 13.9 Å². The number of ether oxygens (including phenoxy) is 1. The lowest BCUT2D eigenvalue weighted by Crippen LogP contribution is -2.35. The Morgan fingerprint density at radius 3 is 2.73 bits per heavy atom. The lowest BCUT2D eigenvalue weighted by Gasteiger charge is -2.07. The molecule has 1 aliphatic rings. The summed E-state index contributed by atoms with van der Waals surface area (Å²) in [6, 6.07) is -0.691. The number of halogens is 1. The van der Waals surface area contributed by atoms with Crippen molar-refractivity contribution in [1.29, 1.82) is 0 Å². The van der Waals surface area contributed by atoms with Gasteiger partial charge in [-0.15, -0.1) is 0 Å². The van der Waals surface area contributed by atoms with Crippen LogP contribution in [0, 0.1) is 0 Å². The number of hydrogen-bond acceptors (Lipinski definition) is 3. The lowest BCUT2D eigenvalue weighted by molar-refractivity contribution is -0.142. The minimum atomic E-state index is -0.931. The SMILES string of the molecule is COC(=O)C1CC(F)C(C)N1. The number of esters is 1. The van der Waals surface area contributed by atoms with Gasteiger partial charge in [0.25, 0.3) is 0 Å². The molecule has 0 radical (unpaired) electrons. The molecular weight excluding hydrogens is 149 g/mol. The summed E-state index contributed by atoms with van der Waals surface area (Å²) in [4.78, 5) is 10.9. The first kappa shape index (κ1) is 8.46. The number of alkyl halides is 1. The smallest absolute Gasteiger partial charge is 0.322 e. The minimum Gasteiger partial charge on any atom is -0.468 e. The zero-order valence-electron chi connectivity index (χ0n) is 6.63. The number of methoxy groups -OCH3 is 1. The molecule has 0 bridgehead atoms. The number of carbonyl (C=O) groups is 1. The molecule has 0 saturated carbocycles. The van der Waals surface area contributed by atoms with E-state index < -0.39 is 12.2 Å². The van der Waals surface area contributed by atoms with Gasteiger partial charge in [-0.3, -0.25) is 10.1 Å². The number of rotatable bonds is 1. The van der Waals surface area contributed by atoms with Gasteiger partial charge >= 0.3 is 5.97 Å². The second-order valence-corrected chi connectivity index (χ2v) is 2.78. The number of carbonyl (C=O) groups excluding carboxylic acids is 1. The van der Waals surface area contributed by atoms with Gasteiger partial charge in [0.05, 0.1) is 7.11 Å². The molecule has 3 atom stereocenters. The molecule has 3 unspecified atom stereocenters. The standard InChI is InChI=1S/C7H12FNO2/c1-4-5(8)3-6(9-4)7(10)11-2/h4-6,9H,3H2,1-2H3. The van der Waals surface area contributed by atoms with Crippen molar-refractivity contribution in [2.45, 2.75) is 31.6 Å². The topological polar surface area (TPSA) is 38.3 Å². The molecule has 1 fully saturated rings. The van der Waals surface area contributed by atoms with Gasteiger partial charge in [0, 0.05) is 12.5 Å². The van der Waals surface area contributed by atoms with E-state index in [9.17, 15) is 9.18 Å². The van der Waals surface area contributed by atoms with E-state index in [1.807, 2.05) is 0 Å². The molecule has 0 spiro atoms. The fourth-order valence-electron chi connectivity index (χ4n) is 1.23. The lowest BCUT2D eigenvalue weighted by atomic mass is 10.2. The highest BCUT2D eigenvalue weighted by Gasteiger charge is 2.35. The van der Waals surface area contributed by atoms with Crippen LogP contribution in [0.25, 0.3) is 0 Å². The monoisotopic (exact) mass is 161 g/mol. The van der Waals surface area contributed by atoms with Gasteiger partial charge in [0.1, 0.15) is 12.2 Å². The molecule has 1 heterocycles. The van der Waals surface area contributed by atoms with Crippen LogP contribution >= 0.6 is 0 Å². The Labute approximate surface area is 64.9 Å². The summed E-state index contributed by atoms with van der Waals surface area (Å²) in [5.74, 6) is -0.378. The molecule has 3 nitrogen and oxygen atoms in total. The minimum absolute atomic E-state index is 0.230. The van der Waals surface area contributed by atoms with Gasteiger partial charge in [0.15, 0.2) is 0 Å². The maximum absolute atomic E-state index is 12.8. The maximum atomic E-state index is 12.8. The Bertz CT molecular complexity index is 153. The van der Waals surface area contributed by atoms with Crippen LogP contribution in [0.15, 0.2) is 0 Å². The van der Waals surface area contributed by atoms with Gasteiger partial charge in [-0.2, -0.15) is 0 Å². The molecule has 1 saturated heterocycles. The molecule has 64 valence electrons. The quantitative estimate of drug-likeness (QED) is 0.560. The van der Waals surface area contributed by atoms with Gasteiger partial charge in [-0.1, -0.05) is 0 Å². The Morgan fingerprint density at radius 1 is 1.73 bits per heavy atom. The van der Waals surface area contributed by atoms with E-state index in [0.29, 0.717) is 0 Å². The van der Waals surface area contributed by atoms with Gasteiger partial charge in [0.2, 0.25) is 0 Å². The highest BCUT2D eigenvalue weighted by molar-refractivity contribution is 5.76. The van der Waals surface area contributed by atoms with E-state index in [4.69, 9.17) is 0 Å². The molecule has 0 aliphatic carbocycles. The molecule has 0 aromatic carbocycles. The van der Waals surface area contributed by atoms with Crippen molar-refractivity contribution in [2.75, 3.05) is 7.11 Å². The predicted molar refractivity (Wildman–Crippen MR) is 37.9 cm³/mol. The Morgan fingerprint density at radius 2 is 2.36 bits per heavy atom. The second kappa shape index (κ2) is 3.17. The normalized spacial score (nSPS) is 37.2. The average molecular weight is 161 g/mol. The first-order chi connectivity index (χ1) is 5.15. The van der Waals surface area contributed by atoms with Crippen LogP contribution in [0.5, 0.6) is 0 Å². The summed E-state index contributed by atoms with van der Waals surface area (Å²) in [7, 11) is 1.31. The molecular formula is C7H12FNO2. The van der Waals surface area contributed by atoms with Crippen molar-refractivity contribution >= 4 is 5.97 Å². The van der Waals surface area contributed by atoms with Gasteiger partial charge in [-0.25, -0.2) is 4.39 Å². The largest absolute Gasteiger partial charge is 0.468 e. The molecule has 1 N–H and O–H groups in total. The van der Waals surface area contributed by atoms with Crippen LogP contribution in [0.2, 0.25) is 0 Å². The van der Waals surface area contributed by atoms with Crippen LogP contribution in [-0.4, -0.2) is 31.3 Å². The highest BCUT2D eigenvalue weighted by atomic mass is 19.1. The summed E-state index contributed by atoms with van der Waals surface area (Å²) >= 11 is 0. The van der Waals surface area contributed by atoms with Crippen LogP contribution in [0.1, 0.15) is 13.3 Å². The van der Waals surface area contributed by atoms with E-state index >= 15 is 0 Å². The molecule has 0 amide bonds. The van der Waals surface area contributed by atoms with E-state index in [0.717, 1.165) is 0 Å². The van der Waals surface area contributed by atoms with E-state index in [-0.39, 0.29) is 18.4 Å². The third kappa shape index (κ3) is 1.68. The van der Waals surface area contributed by atoms with Crippen LogP contribution in [0.4, 0.5) is 4.39 Å². The number of nitrogens with one attached hydrogen (secondary N) is 1. The van der Waals surface area contributed by atoms with Crippen LogP contribution < -0.4 is 5.32 Å². The Hall–Kier alpha value is -0.640. The molecule has 1 aliphatic heterocycles. The third-order valence-electron chi connectivity index (χ3n) is 1.95. The van der Waals surface area contributed by atoms with Crippen LogP contribution in [-0.2, 0) is 9.53 Å². The average Bonchev–Trinajstić information content (AvgIpc) is 2.31. The molecule has 1 rings (SSSR count). The Kier molecular flexibility index (Phi) is 2.44. The summed E-state index contributed by atoms with van der Waals surface area (Å²) in [6.45, 7) is 1.72. The molecule has 0 aromatic rings. The van der Waals surface area contributed by atoms with Crippen molar-refractivity contribution in [2.24, 2.45) is 0 Å². The first-order valence-electron chi connectivity index (χ1n) is 3.63. The fourth-order valence-corrected chi connectivity index (χ4v) is 1.23. The molecule has 0 aromatic heterocycles. The van der Waals surface area contributed by atoms with Gasteiger partial charge in [-0.05, 0) is 6.92 Å². The fraction of sp³-hybridized carbons (Fsp3) is 0.857.